The fourth-order valence-electron chi connectivity index (χ4n) is 1.87. The number of methoxy groups -OCH3 is 1. The highest BCUT2D eigenvalue weighted by atomic mass is 32.2. The van der Waals surface area contributed by atoms with Crippen molar-refractivity contribution in [1.29, 1.82) is 0 Å². The van der Waals surface area contributed by atoms with Gasteiger partial charge in [-0.2, -0.15) is 0 Å². The highest BCUT2D eigenvalue weighted by molar-refractivity contribution is 7.92. The molecule has 0 radical (unpaired) electrons. The van der Waals surface area contributed by atoms with E-state index < -0.39 is 15.8 Å². The summed E-state index contributed by atoms with van der Waals surface area (Å²) in [6.45, 7) is 2.59. The molecule has 1 heterocycles. The largest absolute Gasteiger partial charge is 0.383 e. The van der Waals surface area contributed by atoms with E-state index in [0.29, 0.717) is 24.5 Å². The Morgan fingerprint density at radius 3 is 2.48 bits per heavy atom. The Hall–Kier alpha value is -2.26. The molecule has 0 fully saturated rings. The van der Waals surface area contributed by atoms with Crippen LogP contribution in [0, 0.1) is 12.7 Å². The van der Waals surface area contributed by atoms with Gasteiger partial charge in [0.1, 0.15) is 11.6 Å². The van der Waals surface area contributed by atoms with E-state index in [-0.39, 0.29) is 10.7 Å². The van der Waals surface area contributed by atoms with Crippen molar-refractivity contribution in [3.05, 3.63) is 41.7 Å². The first-order valence-electron chi connectivity index (χ1n) is 6.78. The number of nitrogens with zero attached hydrogens (tertiary/aromatic N) is 2. The molecule has 0 amide bonds. The maximum atomic E-state index is 13.1. The minimum atomic E-state index is -3.85. The second-order valence-corrected chi connectivity index (χ2v) is 6.39. The van der Waals surface area contributed by atoms with Gasteiger partial charge in [0.05, 0.1) is 11.5 Å². The van der Waals surface area contributed by atoms with Crippen LogP contribution in [-0.4, -0.2) is 38.9 Å². The predicted molar refractivity (Wildman–Crippen MR) is 84.3 cm³/mol. The van der Waals surface area contributed by atoms with Gasteiger partial charge < -0.3 is 10.1 Å². The summed E-state index contributed by atoms with van der Waals surface area (Å²) < 4.78 is 44.9. The lowest BCUT2D eigenvalue weighted by atomic mass is 10.2. The molecule has 0 unspecified atom stereocenters. The molecule has 0 aliphatic heterocycles. The van der Waals surface area contributed by atoms with E-state index in [9.17, 15) is 12.8 Å². The summed E-state index contributed by atoms with van der Waals surface area (Å²) in [7, 11) is -2.27. The summed E-state index contributed by atoms with van der Waals surface area (Å²) in [6, 6.07) is 6.54. The molecule has 1 aromatic carbocycles. The van der Waals surface area contributed by atoms with E-state index in [2.05, 4.69) is 20.2 Å². The molecule has 2 N–H and O–H groups in total. The Labute approximate surface area is 133 Å². The third-order valence-electron chi connectivity index (χ3n) is 2.94. The lowest BCUT2D eigenvalue weighted by Crippen LogP contribution is -2.16. The summed E-state index contributed by atoms with van der Waals surface area (Å²) in [5.41, 5.74) is 0.309. The minimum Gasteiger partial charge on any atom is -0.383 e. The monoisotopic (exact) mass is 340 g/mol. The topological polar surface area (TPSA) is 93.2 Å². The molecule has 1 aromatic heterocycles. The second-order valence-electron chi connectivity index (χ2n) is 4.74. The molecule has 2 rings (SSSR count). The van der Waals surface area contributed by atoms with Gasteiger partial charge in [-0.1, -0.05) is 0 Å². The van der Waals surface area contributed by atoms with Gasteiger partial charge in [0.2, 0.25) is 0 Å². The quantitative estimate of drug-likeness (QED) is 0.747. The predicted octanol–water partition coefficient (Wildman–Crippen LogP) is 1.78. The first kappa shape index (κ1) is 17.1. The minimum absolute atomic E-state index is 0.0111. The SMILES string of the molecule is COCCNc1ccc(NS(=O)(=O)c2ccc(F)cc2C)nn1. The molecule has 0 atom stereocenters. The van der Waals surface area contributed by atoms with Crippen LogP contribution < -0.4 is 10.0 Å². The lowest BCUT2D eigenvalue weighted by Gasteiger charge is -2.10. The molecule has 23 heavy (non-hydrogen) atoms. The van der Waals surface area contributed by atoms with Crippen LogP contribution >= 0.6 is 0 Å². The highest BCUT2D eigenvalue weighted by Gasteiger charge is 2.18. The van der Waals surface area contributed by atoms with E-state index in [1.807, 2.05) is 0 Å². The Morgan fingerprint density at radius 2 is 1.87 bits per heavy atom. The zero-order chi connectivity index (χ0) is 16.9. The Bertz CT molecular complexity index is 766. The van der Waals surface area contributed by atoms with Crippen molar-refractivity contribution >= 4 is 21.7 Å². The first-order valence-corrected chi connectivity index (χ1v) is 8.26. The Kier molecular flexibility index (Phi) is 5.45. The molecule has 0 saturated carbocycles. The van der Waals surface area contributed by atoms with E-state index in [1.54, 1.807) is 13.2 Å². The van der Waals surface area contributed by atoms with Gasteiger partial charge >= 0.3 is 0 Å². The van der Waals surface area contributed by atoms with E-state index in [1.165, 1.54) is 19.1 Å². The second kappa shape index (κ2) is 7.34. The fourth-order valence-corrected chi connectivity index (χ4v) is 3.09. The molecule has 0 aliphatic rings. The zero-order valence-corrected chi connectivity index (χ0v) is 13.5. The van der Waals surface area contributed by atoms with Crippen LogP contribution in [0.1, 0.15) is 5.56 Å². The number of rotatable bonds is 7. The number of hydrogen-bond donors (Lipinski definition) is 2. The summed E-state index contributed by atoms with van der Waals surface area (Å²) in [4.78, 5) is -0.0111. The number of anilines is 2. The van der Waals surface area contributed by atoms with Crippen molar-refractivity contribution in [2.45, 2.75) is 11.8 Å². The van der Waals surface area contributed by atoms with Crippen molar-refractivity contribution in [3.8, 4) is 0 Å². The molecule has 7 nitrogen and oxygen atoms in total. The van der Waals surface area contributed by atoms with E-state index >= 15 is 0 Å². The number of benzene rings is 1. The van der Waals surface area contributed by atoms with Gasteiger partial charge in [-0.25, -0.2) is 12.8 Å². The van der Waals surface area contributed by atoms with Gasteiger partial charge in [0.25, 0.3) is 10.0 Å². The van der Waals surface area contributed by atoms with Crippen LogP contribution in [0.4, 0.5) is 16.0 Å². The zero-order valence-electron chi connectivity index (χ0n) is 12.7. The van der Waals surface area contributed by atoms with Crippen molar-refractivity contribution in [2.75, 3.05) is 30.3 Å². The van der Waals surface area contributed by atoms with Gasteiger partial charge in [0.15, 0.2) is 5.82 Å². The van der Waals surface area contributed by atoms with E-state index in [0.717, 1.165) is 12.1 Å². The highest BCUT2D eigenvalue weighted by Crippen LogP contribution is 2.19. The van der Waals surface area contributed by atoms with Crippen LogP contribution in [0.5, 0.6) is 0 Å². The van der Waals surface area contributed by atoms with Crippen molar-refractivity contribution in [2.24, 2.45) is 0 Å². The third kappa shape index (κ3) is 4.60. The van der Waals surface area contributed by atoms with Crippen molar-refractivity contribution in [1.82, 2.24) is 10.2 Å². The molecule has 124 valence electrons. The standard InChI is InChI=1S/C14H17FN4O3S/c1-10-9-11(15)3-4-12(10)23(20,21)19-14-6-5-13(17-18-14)16-7-8-22-2/h3-6,9H,7-8H2,1-2H3,(H,16,17)(H,18,19). The number of nitrogens with one attached hydrogen (secondary N) is 2. The number of ether oxygens (including phenoxy) is 1. The van der Waals surface area contributed by atoms with E-state index in [4.69, 9.17) is 4.74 Å². The Balaban J connectivity index is 2.11. The molecule has 0 spiro atoms. The van der Waals surface area contributed by atoms with Crippen LogP contribution in [0.15, 0.2) is 35.2 Å². The number of halogens is 1. The number of hydrogen-bond acceptors (Lipinski definition) is 6. The molecule has 0 saturated heterocycles. The number of sulfonamides is 1. The summed E-state index contributed by atoms with van der Waals surface area (Å²) in [5, 5.41) is 10.6. The van der Waals surface area contributed by atoms with Gasteiger partial charge in [-0.05, 0) is 42.8 Å². The third-order valence-corrected chi connectivity index (χ3v) is 4.46. The molecular formula is C14H17FN4O3S. The number of aromatic nitrogens is 2. The molecule has 2 aromatic rings. The normalized spacial score (nSPS) is 11.3. The Morgan fingerprint density at radius 1 is 1.17 bits per heavy atom. The van der Waals surface area contributed by atoms with Crippen LogP contribution in [-0.2, 0) is 14.8 Å². The summed E-state index contributed by atoms with van der Waals surface area (Å²) >= 11 is 0. The molecule has 0 bridgehead atoms. The smallest absolute Gasteiger partial charge is 0.263 e. The molecule has 9 heteroatoms. The van der Waals surface area contributed by atoms with Crippen molar-refractivity contribution in [3.63, 3.8) is 0 Å². The van der Waals surface area contributed by atoms with Gasteiger partial charge in [0, 0.05) is 13.7 Å². The fraction of sp³-hybridized carbons (Fsp3) is 0.286. The van der Waals surface area contributed by atoms with Crippen LogP contribution in [0.25, 0.3) is 0 Å². The maximum Gasteiger partial charge on any atom is 0.263 e. The van der Waals surface area contributed by atoms with Crippen LogP contribution in [0.2, 0.25) is 0 Å². The average molecular weight is 340 g/mol. The van der Waals surface area contributed by atoms with Gasteiger partial charge in [-0.15, -0.1) is 10.2 Å². The first-order chi connectivity index (χ1) is 10.9. The summed E-state index contributed by atoms with van der Waals surface area (Å²) in [5.74, 6) is 0.0849. The molecule has 0 aliphatic carbocycles. The van der Waals surface area contributed by atoms with Crippen LogP contribution in [0.3, 0.4) is 0 Å². The number of aryl methyl sites for hydroxylation is 1. The maximum absolute atomic E-state index is 13.1. The van der Waals surface area contributed by atoms with Crippen molar-refractivity contribution < 1.29 is 17.5 Å². The average Bonchev–Trinajstić information content (AvgIpc) is 2.48. The summed E-state index contributed by atoms with van der Waals surface area (Å²) in [6.07, 6.45) is 0. The molecular weight excluding hydrogens is 323 g/mol. The lowest BCUT2D eigenvalue weighted by molar-refractivity contribution is 0.210. The van der Waals surface area contributed by atoms with Gasteiger partial charge in [-0.3, -0.25) is 4.72 Å².